The van der Waals surface area contributed by atoms with E-state index in [-0.39, 0.29) is 0 Å². The molecule has 68 valence electrons. The van der Waals surface area contributed by atoms with Crippen LogP contribution in [0.1, 0.15) is 18.1 Å². The van der Waals surface area contributed by atoms with Gasteiger partial charge >= 0.3 is 0 Å². The van der Waals surface area contributed by atoms with Gasteiger partial charge < -0.3 is 0 Å². The topological polar surface area (TPSA) is 0 Å². The average molecular weight is 211 g/mol. The molecule has 0 bridgehead atoms. The van der Waals surface area contributed by atoms with Gasteiger partial charge in [0.2, 0.25) is 0 Å². The lowest BCUT2D eigenvalue weighted by Gasteiger charge is -2.04. The Morgan fingerprint density at radius 2 is 2.23 bits per heavy atom. The van der Waals surface area contributed by atoms with E-state index in [0.717, 1.165) is 11.4 Å². The summed E-state index contributed by atoms with van der Waals surface area (Å²) in [4.78, 5) is 0. The quantitative estimate of drug-likeness (QED) is 0.654. The summed E-state index contributed by atoms with van der Waals surface area (Å²) in [5.74, 6) is 0. The zero-order chi connectivity index (χ0) is 9.42. The maximum atomic E-state index is 6.26. The van der Waals surface area contributed by atoms with Crippen LogP contribution in [0.3, 0.4) is 0 Å². The van der Waals surface area contributed by atoms with Crippen molar-refractivity contribution in [2.75, 3.05) is 0 Å². The molecule has 0 spiro atoms. The Morgan fingerprint density at radius 1 is 1.46 bits per heavy atom. The second-order valence-electron chi connectivity index (χ2n) is 3.18. The molecule has 1 aromatic carbocycles. The van der Waals surface area contributed by atoms with Crippen LogP contribution in [0.2, 0.25) is 5.02 Å². The number of halogens is 1. The predicted octanol–water partition coefficient (Wildman–Crippen LogP) is 4.43. The molecule has 0 unspecified atom stereocenters. The van der Waals surface area contributed by atoms with E-state index in [1.165, 1.54) is 21.2 Å². The van der Waals surface area contributed by atoms with Crippen LogP contribution in [0.4, 0.5) is 0 Å². The minimum atomic E-state index is 0.935. The lowest BCUT2D eigenvalue weighted by molar-refractivity contribution is 1.14. The summed E-state index contributed by atoms with van der Waals surface area (Å²) < 4.78 is 1.32. The lowest BCUT2D eigenvalue weighted by Crippen LogP contribution is -1.84. The molecule has 0 amide bonds. The summed E-state index contributed by atoms with van der Waals surface area (Å²) >= 11 is 8.02. The summed E-state index contributed by atoms with van der Waals surface area (Å²) in [6, 6.07) is 4.30. The SMILES string of the molecule is CCc1cc(C)c2sccc2c1Cl. The molecule has 0 aliphatic heterocycles. The third-order valence-corrected chi connectivity index (χ3v) is 3.81. The van der Waals surface area contributed by atoms with Gasteiger partial charge in [0.15, 0.2) is 0 Å². The largest absolute Gasteiger partial charge is 0.143 e. The second-order valence-corrected chi connectivity index (χ2v) is 4.48. The molecule has 1 heterocycles. The van der Waals surface area contributed by atoms with Crippen LogP contribution < -0.4 is 0 Å². The van der Waals surface area contributed by atoms with E-state index in [2.05, 4.69) is 31.4 Å². The highest BCUT2D eigenvalue weighted by atomic mass is 35.5. The van der Waals surface area contributed by atoms with E-state index < -0.39 is 0 Å². The molecule has 0 saturated carbocycles. The molecule has 2 rings (SSSR count). The van der Waals surface area contributed by atoms with Crippen molar-refractivity contribution >= 4 is 33.0 Å². The van der Waals surface area contributed by atoms with Gasteiger partial charge in [-0.3, -0.25) is 0 Å². The molecule has 0 fully saturated rings. The molecule has 0 N–H and O–H groups in total. The Hall–Kier alpha value is -0.530. The number of thiophene rings is 1. The van der Waals surface area contributed by atoms with Crippen molar-refractivity contribution in [1.82, 2.24) is 0 Å². The monoisotopic (exact) mass is 210 g/mol. The van der Waals surface area contributed by atoms with Gasteiger partial charge in [0.05, 0.1) is 5.02 Å². The van der Waals surface area contributed by atoms with Crippen molar-refractivity contribution in [2.24, 2.45) is 0 Å². The number of hydrogen-bond donors (Lipinski definition) is 0. The Balaban J connectivity index is 2.85. The number of benzene rings is 1. The van der Waals surface area contributed by atoms with E-state index in [1.54, 1.807) is 11.3 Å². The molecule has 0 saturated heterocycles. The summed E-state index contributed by atoms with van der Waals surface area (Å²) in [7, 11) is 0. The van der Waals surface area contributed by atoms with E-state index in [1.807, 2.05) is 0 Å². The van der Waals surface area contributed by atoms with Crippen molar-refractivity contribution < 1.29 is 0 Å². The van der Waals surface area contributed by atoms with E-state index >= 15 is 0 Å². The van der Waals surface area contributed by atoms with Crippen molar-refractivity contribution in [3.05, 3.63) is 33.7 Å². The fourth-order valence-electron chi connectivity index (χ4n) is 1.61. The number of fused-ring (bicyclic) bond motifs is 1. The number of rotatable bonds is 1. The van der Waals surface area contributed by atoms with Gasteiger partial charge in [-0.25, -0.2) is 0 Å². The fourth-order valence-corrected chi connectivity index (χ4v) is 2.89. The van der Waals surface area contributed by atoms with Crippen molar-refractivity contribution in [3.63, 3.8) is 0 Å². The first kappa shape index (κ1) is 9.04. The zero-order valence-electron chi connectivity index (χ0n) is 7.73. The second kappa shape index (κ2) is 3.32. The van der Waals surface area contributed by atoms with Gasteiger partial charge in [-0.1, -0.05) is 24.6 Å². The maximum absolute atomic E-state index is 6.26. The standard InChI is InChI=1S/C11H11ClS/c1-3-8-6-7(2)11-9(10(8)12)4-5-13-11/h4-6H,3H2,1-2H3. The van der Waals surface area contributed by atoms with E-state index in [4.69, 9.17) is 11.6 Å². The highest BCUT2D eigenvalue weighted by Crippen LogP contribution is 2.33. The van der Waals surface area contributed by atoms with Crippen LogP contribution in [-0.4, -0.2) is 0 Å². The van der Waals surface area contributed by atoms with E-state index in [9.17, 15) is 0 Å². The van der Waals surface area contributed by atoms with Crippen LogP contribution in [0.25, 0.3) is 10.1 Å². The van der Waals surface area contributed by atoms with Crippen LogP contribution in [-0.2, 0) is 6.42 Å². The Morgan fingerprint density at radius 3 is 2.92 bits per heavy atom. The molecule has 0 aliphatic rings. The smallest absolute Gasteiger partial charge is 0.0524 e. The van der Waals surface area contributed by atoms with Gasteiger partial charge in [0.25, 0.3) is 0 Å². The van der Waals surface area contributed by atoms with Crippen molar-refractivity contribution in [3.8, 4) is 0 Å². The molecule has 1 aromatic heterocycles. The predicted molar refractivity (Wildman–Crippen MR) is 61.0 cm³/mol. The summed E-state index contributed by atoms with van der Waals surface area (Å²) in [5.41, 5.74) is 2.59. The van der Waals surface area contributed by atoms with Gasteiger partial charge in [0, 0.05) is 10.1 Å². The van der Waals surface area contributed by atoms with Crippen LogP contribution in [0, 0.1) is 6.92 Å². The Bertz CT molecular complexity index is 443. The molecular weight excluding hydrogens is 200 g/mol. The van der Waals surface area contributed by atoms with Gasteiger partial charge in [-0.15, -0.1) is 11.3 Å². The molecule has 2 aromatic rings. The first-order valence-electron chi connectivity index (χ1n) is 4.39. The van der Waals surface area contributed by atoms with Crippen molar-refractivity contribution in [2.45, 2.75) is 20.3 Å². The molecule has 0 radical (unpaired) electrons. The highest BCUT2D eigenvalue weighted by molar-refractivity contribution is 7.17. The molecule has 0 atom stereocenters. The number of aryl methyl sites for hydroxylation is 2. The normalized spacial score (nSPS) is 11.0. The van der Waals surface area contributed by atoms with Gasteiger partial charge in [-0.05, 0) is 35.9 Å². The zero-order valence-corrected chi connectivity index (χ0v) is 9.30. The van der Waals surface area contributed by atoms with Gasteiger partial charge in [-0.2, -0.15) is 0 Å². The fraction of sp³-hybridized carbons (Fsp3) is 0.273. The lowest BCUT2D eigenvalue weighted by atomic mass is 10.1. The third-order valence-electron chi connectivity index (χ3n) is 2.31. The molecule has 0 aliphatic carbocycles. The first-order chi connectivity index (χ1) is 6.24. The average Bonchev–Trinajstić information content (AvgIpc) is 2.60. The molecule has 2 heteroatoms. The van der Waals surface area contributed by atoms with Crippen LogP contribution >= 0.6 is 22.9 Å². The summed E-state index contributed by atoms with van der Waals surface area (Å²) in [6.07, 6.45) is 1.01. The number of hydrogen-bond acceptors (Lipinski definition) is 1. The Labute approximate surface area is 87.2 Å². The van der Waals surface area contributed by atoms with Crippen LogP contribution in [0.5, 0.6) is 0 Å². The maximum Gasteiger partial charge on any atom is 0.0524 e. The van der Waals surface area contributed by atoms with Crippen LogP contribution in [0.15, 0.2) is 17.5 Å². The first-order valence-corrected chi connectivity index (χ1v) is 5.65. The van der Waals surface area contributed by atoms with E-state index in [0.29, 0.717) is 0 Å². The Kier molecular flexibility index (Phi) is 2.31. The minimum absolute atomic E-state index is 0.935. The van der Waals surface area contributed by atoms with Crippen molar-refractivity contribution in [1.29, 1.82) is 0 Å². The highest BCUT2D eigenvalue weighted by Gasteiger charge is 2.07. The van der Waals surface area contributed by atoms with Gasteiger partial charge in [0.1, 0.15) is 0 Å². The minimum Gasteiger partial charge on any atom is -0.143 e. The summed E-state index contributed by atoms with van der Waals surface area (Å²) in [6.45, 7) is 4.28. The third kappa shape index (κ3) is 1.36. The molecule has 13 heavy (non-hydrogen) atoms. The molecular formula is C11H11ClS. The summed E-state index contributed by atoms with van der Waals surface area (Å²) in [5, 5.41) is 4.25. The molecule has 0 nitrogen and oxygen atoms in total.